The molecule has 24 heavy (non-hydrogen) atoms. The SMILES string of the molecule is CC(=O)c1cccc(NC(=O)[C@H](C)N2CCC[C@@H]2c2cccs2)c1. The number of amides is 1. The van der Waals surface area contributed by atoms with Crippen molar-refractivity contribution in [3.05, 3.63) is 52.2 Å². The third-order valence-corrected chi connectivity index (χ3v) is 5.55. The topological polar surface area (TPSA) is 49.4 Å². The zero-order valence-electron chi connectivity index (χ0n) is 14.0. The van der Waals surface area contributed by atoms with Crippen molar-refractivity contribution in [3.8, 4) is 0 Å². The highest BCUT2D eigenvalue weighted by Gasteiger charge is 2.33. The van der Waals surface area contributed by atoms with Crippen LogP contribution in [0.25, 0.3) is 0 Å². The van der Waals surface area contributed by atoms with E-state index in [1.807, 2.05) is 13.0 Å². The Morgan fingerprint density at radius 3 is 2.83 bits per heavy atom. The first-order valence-corrected chi connectivity index (χ1v) is 9.15. The minimum Gasteiger partial charge on any atom is -0.325 e. The fourth-order valence-electron chi connectivity index (χ4n) is 3.25. The van der Waals surface area contributed by atoms with Crippen LogP contribution in [0.15, 0.2) is 41.8 Å². The molecule has 2 aromatic rings. The van der Waals surface area contributed by atoms with Crippen LogP contribution < -0.4 is 5.32 Å². The second-order valence-electron chi connectivity index (χ2n) is 6.21. The van der Waals surface area contributed by atoms with Gasteiger partial charge in [0.15, 0.2) is 5.78 Å². The van der Waals surface area contributed by atoms with E-state index in [1.54, 1.807) is 29.5 Å². The zero-order valence-corrected chi connectivity index (χ0v) is 14.8. The molecule has 5 heteroatoms. The third kappa shape index (κ3) is 3.57. The quantitative estimate of drug-likeness (QED) is 0.832. The predicted molar refractivity (Wildman–Crippen MR) is 97.5 cm³/mol. The number of rotatable bonds is 5. The molecule has 0 saturated carbocycles. The number of nitrogens with zero attached hydrogens (tertiary/aromatic N) is 1. The van der Waals surface area contributed by atoms with Crippen LogP contribution in [0.2, 0.25) is 0 Å². The Labute approximate surface area is 146 Å². The maximum Gasteiger partial charge on any atom is 0.241 e. The second-order valence-corrected chi connectivity index (χ2v) is 7.19. The van der Waals surface area contributed by atoms with Crippen LogP contribution in [-0.4, -0.2) is 29.2 Å². The van der Waals surface area contributed by atoms with Gasteiger partial charge in [-0.15, -0.1) is 11.3 Å². The monoisotopic (exact) mass is 342 g/mol. The summed E-state index contributed by atoms with van der Waals surface area (Å²) in [4.78, 5) is 27.7. The standard InChI is InChI=1S/C19H22N2O2S/c1-13(21-10-4-8-17(21)18-9-5-11-24-18)19(23)20-16-7-3-6-15(12-16)14(2)22/h3,5-7,9,11-13,17H,4,8,10H2,1-2H3,(H,20,23)/t13-,17+/m0/s1. The third-order valence-electron chi connectivity index (χ3n) is 4.58. The normalized spacial score (nSPS) is 19.2. The van der Waals surface area contributed by atoms with Gasteiger partial charge in [0.05, 0.1) is 6.04 Å². The summed E-state index contributed by atoms with van der Waals surface area (Å²) in [7, 11) is 0. The Morgan fingerprint density at radius 2 is 2.12 bits per heavy atom. The van der Waals surface area contributed by atoms with Crippen LogP contribution in [0.5, 0.6) is 0 Å². The molecule has 1 saturated heterocycles. The largest absolute Gasteiger partial charge is 0.325 e. The lowest BCUT2D eigenvalue weighted by Crippen LogP contribution is -2.41. The molecule has 1 N–H and O–H groups in total. The average molecular weight is 342 g/mol. The Balaban J connectivity index is 1.70. The fraction of sp³-hybridized carbons (Fsp3) is 0.368. The van der Waals surface area contributed by atoms with Crippen molar-refractivity contribution in [2.24, 2.45) is 0 Å². The van der Waals surface area contributed by atoms with E-state index in [0.29, 0.717) is 17.3 Å². The van der Waals surface area contributed by atoms with Gasteiger partial charge in [0.2, 0.25) is 5.91 Å². The molecule has 126 valence electrons. The van der Waals surface area contributed by atoms with E-state index in [9.17, 15) is 9.59 Å². The molecule has 1 aromatic heterocycles. The number of hydrogen-bond acceptors (Lipinski definition) is 4. The summed E-state index contributed by atoms with van der Waals surface area (Å²) in [6, 6.07) is 11.4. The molecule has 1 aliphatic rings. The molecule has 1 aromatic carbocycles. The number of carbonyl (C=O) groups is 2. The van der Waals surface area contributed by atoms with Crippen LogP contribution in [-0.2, 0) is 4.79 Å². The van der Waals surface area contributed by atoms with Crippen molar-refractivity contribution in [3.63, 3.8) is 0 Å². The Bertz CT molecular complexity index is 727. The van der Waals surface area contributed by atoms with Gasteiger partial charge in [-0.25, -0.2) is 0 Å². The van der Waals surface area contributed by atoms with Gasteiger partial charge in [-0.2, -0.15) is 0 Å². The molecule has 1 aliphatic heterocycles. The lowest BCUT2D eigenvalue weighted by molar-refractivity contribution is -0.121. The average Bonchev–Trinajstić information content (AvgIpc) is 3.25. The minimum atomic E-state index is -0.208. The van der Waals surface area contributed by atoms with Crippen molar-refractivity contribution in [1.82, 2.24) is 4.90 Å². The summed E-state index contributed by atoms with van der Waals surface area (Å²) in [6.07, 6.45) is 2.21. The molecule has 0 unspecified atom stereocenters. The summed E-state index contributed by atoms with van der Waals surface area (Å²) in [5.74, 6) is -0.0318. The summed E-state index contributed by atoms with van der Waals surface area (Å²) in [5.41, 5.74) is 1.28. The first-order chi connectivity index (χ1) is 11.6. The van der Waals surface area contributed by atoms with Crippen molar-refractivity contribution in [1.29, 1.82) is 0 Å². The molecule has 0 radical (unpaired) electrons. The van der Waals surface area contributed by atoms with Gasteiger partial charge in [0.1, 0.15) is 0 Å². The van der Waals surface area contributed by atoms with E-state index in [-0.39, 0.29) is 17.7 Å². The first-order valence-electron chi connectivity index (χ1n) is 8.27. The molecular formula is C19H22N2O2S. The summed E-state index contributed by atoms with van der Waals surface area (Å²) in [6.45, 7) is 4.42. The van der Waals surface area contributed by atoms with Crippen molar-refractivity contribution >= 4 is 28.7 Å². The highest BCUT2D eigenvalue weighted by atomic mass is 32.1. The van der Waals surface area contributed by atoms with Crippen LogP contribution >= 0.6 is 11.3 Å². The number of likely N-dealkylation sites (tertiary alicyclic amines) is 1. The number of thiophene rings is 1. The number of hydrogen-bond donors (Lipinski definition) is 1. The van der Waals surface area contributed by atoms with E-state index in [4.69, 9.17) is 0 Å². The molecule has 3 rings (SSSR count). The fourth-order valence-corrected chi connectivity index (χ4v) is 4.13. The zero-order chi connectivity index (χ0) is 17.1. The van der Waals surface area contributed by atoms with Crippen LogP contribution in [0.4, 0.5) is 5.69 Å². The summed E-state index contributed by atoms with van der Waals surface area (Å²) >= 11 is 1.75. The van der Waals surface area contributed by atoms with Gasteiger partial charge in [-0.1, -0.05) is 18.2 Å². The summed E-state index contributed by atoms with van der Waals surface area (Å²) in [5, 5.41) is 5.04. The van der Waals surface area contributed by atoms with E-state index in [0.717, 1.165) is 19.4 Å². The number of carbonyl (C=O) groups excluding carboxylic acids is 2. The van der Waals surface area contributed by atoms with Gasteiger partial charge in [0, 0.05) is 22.2 Å². The van der Waals surface area contributed by atoms with Gasteiger partial charge in [-0.05, 0) is 56.8 Å². The van der Waals surface area contributed by atoms with E-state index in [2.05, 4.69) is 27.7 Å². The lowest BCUT2D eigenvalue weighted by Gasteiger charge is -2.29. The Morgan fingerprint density at radius 1 is 1.29 bits per heavy atom. The van der Waals surface area contributed by atoms with E-state index >= 15 is 0 Å². The van der Waals surface area contributed by atoms with Crippen LogP contribution in [0.3, 0.4) is 0 Å². The molecule has 2 heterocycles. The number of benzene rings is 1. The molecule has 0 aliphatic carbocycles. The van der Waals surface area contributed by atoms with E-state index in [1.165, 1.54) is 11.8 Å². The van der Waals surface area contributed by atoms with Crippen molar-refractivity contribution < 1.29 is 9.59 Å². The smallest absolute Gasteiger partial charge is 0.241 e. The maximum absolute atomic E-state index is 12.7. The Hall–Kier alpha value is -1.98. The molecular weight excluding hydrogens is 320 g/mol. The molecule has 2 atom stereocenters. The van der Waals surface area contributed by atoms with Crippen molar-refractivity contribution in [2.45, 2.75) is 38.8 Å². The molecule has 1 fully saturated rings. The highest BCUT2D eigenvalue weighted by Crippen LogP contribution is 2.36. The minimum absolute atomic E-state index is 0.00329. The van der Waals surface area contributed by atoms with Gasteiger partial charge in [-0.3, -0.25) is 14.5 Å². The first kappa shape index (κ1) is 16.9. The van der Waals surface area contributed by atoms with Crippen LogP contribution in [0, 0.1) is 0 Å². The molecule has 4 nitrogen and oxygen atoms in total. The maximum atomic E-state index is 12.7. The molecule has 0 bridgehead atoms. The number of Topliss-reactive ketones (excluding diaryl/α,β-unsaturated/α-hetero) is 1. The lowest BCUT2D eigenvalue weighted by atomic mass is 10.1. The van der Waals surface area contributed by atoms with E-state index < -0.39 is 0 Å². The van der Waals surface area contributed by atoms with Gasteiger partial charge in [0.25, 0.3) is 0 Å². The Kier molecular flexibility index (Phi) is 5.11. The highest BCUT2D eigenvalue weighted by molar-refractivity contribution is 7.10. The van der Waals surface area contributed by atoms with Gasteiger partial charge >= 0.3 is 0 Å². The van der Waals surface area contributed by atoms with Gasteiger partial charge < -0.3 is 5.32 Å². The molecule has 1 amide bonds. The summed E-state index contributed by atoms with van der Waals surface area (Å²) < 4.78 is 0. The number of anilines is 1. The second kappa shape index (κ2) is 7.28. The van der Waals surface area contributed by atoms with Crippen LogP contribution in [0.1, 0.15) is 48.0 Å². The number of nitrogens with one attached hydrogen (secondary N) is 1. The predicted octanol–water partition coefficient (Wildman–Crippen LogP) is 4.11. The molecule has 0 spiro atoms. The number of ketones is 1. The van der Waals surface area contributed by atoms with Crippen molar-refractivity contribution in [2.75, 3.05) is 11.9 Å².